The molecule has 0 radical (unpaired) electrons. The van der Waals surface area contributed by atoms with Crippen molar-refractivity contribution in [3.05, 3.63) is 58.9 Å². The zero-order valence-electron chi connectivity index (χ0n) is 15.7. The Morgan fingerprint density at radius 3 is 2.78 bits per heavy atom. The number of aryl methyl sites for hydroxylation is 2. The smallest absolute Gasteiger partial charge is 0.220 e. The van der Waals surface area contributed by atoms with Gasteiger partial charge >= 0.3 is 0 Å². The minimum Gasteiger partial charge on any atom is -0.472 e. The van der Waals surface area contributed by atoms with E-state index in [0.29, 0.717) is 12.4 Å². The van der Waals surface area contributed by atoms with Gasteiger partial charge in [0.25, 0.3) is 0 Å². The van der Waals surface area contributed by atoms with Crippen LogP contribution in [0.3, 0.4) is 0 Å². The lowest BCUT2D eigenvalue weighted by atomic mass is 10.1. The number of hydrogen-bond acceptors (Lipinski definition) is 5. The third kappa shape index (κ3) is 3.68. The Kier molecular flexibility index (Phi) is 4.61. The van der Waals surface area contributed by atoms with Gasteiger partial charge in [-0.2, -0.15) is 10.1 Å². The van der Waals surface area contributed by atoms with Gasteiger partial charge in [0.15, 0.2) is 0 Å². The Bertz CT molecular complexity index is 954. The Morgan fingerprint density at radius 2 is 2.00 bits per heavy atom. The fraction of sp³-hybridized carbons (Fsp3) is 0.350. The molecular weight excluding hydrogens is 345 g/mol. The van der Waals surface area contributed by atoms with Gasteiger partial charge in [0.2, 0.25) is 5.88 Å². The number of nitrogens with one attached hydrogen (secondary N) is 1. The van der Waals surface area contributed by atoms with Crippen molar-refractivity contribution in [2.24, 2.45) is 0 Å². The summed E-state index contributed by atoms with van der Waals surface area (Å²) in [7, 11) is 2.05. The number of halogens is 1. The van der Waals surface area contributed by atoms with Gasteiger partial charge in [0.05, 0.1) is 11.9 Å². The van der Waals surface area contributed by atoms with Gasteiger partial charge < -0.3 is 4.74 Å². The maximum absolute atomic E-state index is 13.2. The average molecular weight is 367 g/mol. The van der Waals surface area contributed by atoms with E-state index in [1.807, 2.05) is 20.0 Å². The van der Waals surface area contributed by atoms with Gasteiger partial charge in [-0.15, -0.1) is 0 Å². The minimum atomic E-state index is -0.247. The molecule has 6 nitrogen and oxygen atoms in total. The van der Waals surface area contributed by atoms with E-state index < -0.39 is 0 Å². The Labute approximate surface area is 157 Å². The summed E-state index contributed by atoms with van der Waals surface area (Å²) in [5, 5.41) is 7.18. The normalized spacial score (nSPS) is 15.8. The highest BCUT2D eigenvalue weighted by Gasteiger charge is 2.28. The van der Waals surface area contributed by atoms with E-state index in [4.69, 9.17) is 4.74 Å². The predicted octanol–water partition coefficient (Wildman–Crippen LogP) is 3.06. The van der Waals surface area contributed by atoms with Gasteiger partial charge in [-0.3, -0.25) is 10.00 Å². The van der Waals surface area contributed by atoms with E-state index in [9.17, 15) is 4.39 Å². The van der Waals surface area contributed by atoms with E-state index in [-0.39, 0.29) is 11.9 Å². The summed E-state index contributed by atoms with van der Waals surface area (Å²) in [4.78, 5) is 11.0. The van der Waals surface area contributed by atoms with Crippen molar-refractivity contribution in [1.82, 2.24) is 25.1 Å². The van der Waals surface area contributed by atoms with Crippen LogP contribution in [0.2, 0.25) is 0 Å². The van der Waals surface area contributed by atoms with Crippen LogP contribution >= 0.6 is 0 Å². The first-order chi connectivity index (χ1) is 13.0. The van der Waals surface area contributed by atoms with E-state index >= 15 is 0 Å². The molecule has 0 fully saturated rings. The molecule has 1 aliphatic heterocycles. The minimum absolute atomic E-state index is 0.0565. The second-order valence-corrected chi connectivity index (χ2v) is 7.06. The quantitative estimate of drug-likeness (QED) is 0.751. The van der Waals surface area contributed by atoms with Gasteiger partial charge in [0.1, 0.15) is 17.7 Å². The molecular formula is C20H22FN5O. The Morgan fingerprint density at radius 1 is 1.22 bits per heavy atom. The molecule has 1 unspecified atom stereocenters. The fourth-order valence-corrected chi connectivity index (χ4v) is 3.57. The predicted molar refractivity (Wildman–Crippen MR) is 99.9 cm³/mol. The standard InChI is InChI=1S/C20H22FN5O/c1-12-18-8-17(27-20(18)24-13(2)23-12)11-26(3)10-15-9-22-25-19(15)14-4-6-16(21)7-5-14/h4-7,9,17H,8,10-11H2,1-3H3,(H,22,25). The van der Waals surface area contributed by atoms with Crippen LogP contribution in [0.25, 0.3) is 11.3 Å². The van der Waals surface area contributed by atoms with E-state index in [1.54, 1.807) is 12.1 Å². The van der Waals surface area contributed by atoms with Crippen molar-refractivity contribution in [1.29, 1.82) is 0 Å². The zero-order chi connectivity index (χ0) is 19.0. The molecule has 0 amide bonds. The van der Waals surface area contributed by atoms with E-state index in [1.165, 1.54) is 12.1 Å². The van der Waals surface area contributed by atoms with Gasteiger partial charge in [-0.25, -0.2) is 9.37 Å². The summed E-state index contributed by atoms with van der Waals surface area (Å²) >= 11 is 0. The SMILES string of the molecule is Cc1nc(C)c2c(n1)OC(CN(C)Cc1cn[nH]c1-c1ccc(F)cc1)C2. The van der Waals surface area contributed by atoms with Crippen LogP contribution in [0, 0.1) is 19.7 Å². The molecule has 0 saturated heterocycles. The maximum Gasteiger partial charge on any atom is 0.220 e. The summed E-state index contributed by atoms with van der Waals surface area (Å²) in [6.45, 7) is 5.36. The second kappa shape index (κ2) is 7.08. The molecule has 1 aromatic carbocycles. The van der Waals surface area contributed by atoms with E-state index in [2.05, 4.69) is 32.1 Å². The number of likely N-dealkylation sites (N-methyl/N-ethyl adjacent to an activating group) is 1. The first-order valence-electron chi connectivity index (χ1n) is 8.97. The van der Waals surface area contributed by atoms with Crippen LogP contribution in [-0.2, 0) is 13.0 Å². The summed E-state index contributed by atoms with van der Waals surface area (Å²) in [5.41, 5.74) is 5.00. The van der Waals surface area contributed by atoms with Crippen LogP contribution in [0.5, 0.6) is 5.88 Å². The lowest BCUT2D eigenvalue weighted by Gasteiger charge is -2.20. The Hall–Kier alpha value is -2.80. The summed E-state index contributed by atoms with van der Waals surface area (Å²) in [6, 6.07) is 6.43. The molecule has 2 aromatic heterocycles. The highest BCUT2D eigenvalue weighted by molar-refractivity contribution is 5.62. The first kappa shape index (κ1) is 17.6. The van der Waals surface area contributed by atoms with Crippen LogP contribution < -0.4 is 4.74 Å². The van der Waals surface area contributed by atoms with Gasteiger partial charge in [-0.05, 0) is 45.2 Å². The molecule has 1 aliphatic rings. The highest BCUT2D eigenvalue weighted by Crippen LogP contribution is 2.29. The number of aromatic amines is 1. The van der Waals surface area contributed by atoms with Gasteiger partial charge in [-0.1, -0.05) is 0 Å². The topological polar surface area (TPSA) is 66.9 Å². The number of H-pyrrole nitrogens is 1. The zero-order valence-corrected chi connectivity index (χ0v) is 15.7. The van der Waals surface area contributed by atoms with Crippen LogP contribution in [0.15, 0.2) is 30.5 Å². The lowest BCUT2D eigenvalue weighted by Crippen LogP contribution is -2.31. The summed E-state index contributed by atoms with van der Waals surface area (Å²) in [6.07, 6.45) is 2.70. The number of ether oxygens (including phenoxy) is 1. The average Bonchev–Trinajstić information content (AvgIpc) is 3.22. The highest BCUT2D eigenvalue weighted by atomic mass is 19.1. The number of benzene rings is 1. The molecule has 1 N–H and O–H groups in total. The molecule has 1 atom stereocenters. The third-order valence-electron chi connectivity index (χ3n) is 4.80. The number of fused-ring (bicyclic) bond motifs is 1. The molecule has 3 heterocycles. The summed E-state index contributed by atoms with van der Waals surface area (Å²) < 4.78 is 19.2. The van der Waals surface area contributed by atoms with Crippen molar-refractivity contribution in [2.45, 2.75) is 32.9 Å². The van der Waals surface area contributed by atoms with Crippen LogP contribution in [0.1, 0.15) is 22.6 Å². The van der Waals surface area contributed by atoms with Crippen molar-refractivity contribution in [2.75, 3.05) is 13.6 Å². The largest absolute Gasteiger partial charge is 0.472 e. The monoisotopic (exact) mass is 367 g/mol. The molecule has 0 saturated carbocycles. The molecule has 0 spiro atoms. The van der Waals surface area contributed by atoms with Crippen LogP contribution in [-0.4, -0.2) is 44.8 Å². The van der Waals surface area contributed by atoms with Gasteiger partial charge in [0, 0.05) is 41.9 Å². The Balaban J connectivity index is 1.43. The molecule has 0 aliphatic carbocycles. The van der Waals surface area contributed by atoms with E-state index in [0.717, 1.165) is 46.9 Å². The number of hydrogen-bond donors (Lipinski definition) is 1. The maximum atomic E-state index is 13.2. The second-order valence-electron chi connectivity index (χ2n) is 7.06. The van der Waals surface area contributed by atoms with Crippen molar-refractivity contribution in [3.63, 3.8) is 0 Å². The molecule has 27 heavy (non-hydrogen) atoms. The van der Waals surface area contributed by atoms with Crippen molar-refractivity contribution < 1.29 is 9.13 Å². The van der Waals surface area contributed by atoms with Crippen molar-refractivity contribution in [3.8, 4) is 17.1 Å². The molecule has 4 rings (SSSR count). The first-order valence-corrected chi connectivity index (χ1v) is 8.97. The molecule has 140 valence electrons. The number of aromatic nitrogens is 4. The number of rotatable bonds is 5. The third-order valence-corrected chi connectivity index (χ3v) is 4.80. The number of nitrogens with zero attached hydrogens (tertiary/aromatic N) is 4. The molecule has 0 bridgehead atoms. The lowest BCUT2D eigenvalue weighted by molar-refractivity contribution is 0.161. The van der Waals surface area contributed by atoms with Crippen molar-refractivity contribution >= 4 is 0 Å². The van der Waals surface area contributed by atoms with Crippen LogP contribution in [0.4, 0.5) is 4.39 Å². The molecule has 7 heteroatoms. The molecule has 3 aromatic rings. The summed E-state index contributed by atoms with van der Waals surface area (Å²) in [5.74, 6) is 1.21. The fourth-order valence-electron chi connectivity index (χ4n) is 3.57.